The Hall–Kier alpha value is -5.98. The molecule has 0 atom stereocenters. The molecule has 214 valence electrons. The van der Waals surface area contributed by atoms with Crippen LogP contribution < -0.4 is 0 Å². The van der Waals surface area contributed by atoms with Gasteiger partial charge >= 0.3 is 0 Å². The third kappa shape index (κ3) is 4.30. The SMILES string of the molecule is c1ccc(-c2ccccc2-c2c3ccccc3c(-c3ccc4cc(-c5cccc6ccccc56)ccc4c3)c3ccccc23)cc1. The van der Waals surface area contributed by atoms with Crippen molar-refractivity contribution in [2.75, 3.05) is 0 Å². The minimum absolute atomic E-state index is 1.23. The maximum Gasteiger partial charge on any atom is -0.00201 e. The zero-order valence-corrected chi connectivity index (χ0v) is 25.3. The minimum Gasteiger partial charge on any atom is -0.0622 e. The van der Waals surface area contributed by atoms with E-state index in [-0.39, 0.29) is 0 Å². The van der Waals surface area contributed by atoms with Crippen molar-refractivity contribution in [2.45, 2.75) is 0 Å². The van der Waals surface area contributed by atoms with Crippen molar-refractivity contribution in [1.29, 1.82) is 0 Å². The molecule has 9 rings (SSSR count). The first-order valence-electron chi connectivity index (χ1n) is 15.9. The summed E-state index contributed by atoms with van der Waals surface area (Å²) in [7, 11) is 0. The van der Waals surface area contributed by atoms with Crippen molar-refractivity contribution in [2.24, 2.45) is 0 Å². The highest BCUT2D eigenvalue weighted by molar-refractivity contribution is 6.22. The lowest BCUT2D eigenvalue weighted by atomic mass is 9.83. The highest BCUT2D eigenvalue weighted by Gasteiger charge is 2.19. The highest BCUT2D eigenvalue weighted by Crippen LogP contribution is 2.46. The molecule has 0 aliphatic heterocycles. The highest BCUT2D eigenvalue weighted by atomic mass is 14.2. The van der Waals surface area contributed by atoms with Gasteiger partial charge in [-0.2, -0.15) is 0 Å². The summed E-state index contributed by atoms with van der Waals surface area (Å²) >= 11 is 0. The van der Waals surface area contributed by atoms with E-state index in [0.29, 0.717) is 0 Å². The van der Waals surface area contributed by atoms with Crippen LogP contribution in [0.5, 0.6) is 0 Å². The molecular weight excluding hydrogens is 553 g/mol. The van der Waals surface area contributed by atoms with Crippen molar-refractivity contribution in [1.82, 2.24) is 0 Å². The lowest BCUT2D eigenvalue weighted by Gasteiger charge is -2.20. The zero-order chi connectivity index (χ0) is 30.5. The van der Waals surface area contributed by atoms with E-state index < -0.39 is 0 Å². The van der Waals surface area contributed by atoms with Crippen molar-refractivity contribution < 1.29 is 0 Å². The molecule has 0 saturated heterocycles. The maximum absolute atomic E-state index is 2.37. The Morgan fingerprint density at radius 1 is 0.217 bits per heavy atom. The molecule has 0 N–H and O–H groups in total. The first-order valence-corrected chi connectivity index (χ1v) is 15.9. The maximum atomic E-state index is 2.37. The summed E-state index contributed by atoms with van der Waals surface area (Å²) in [6.07, 6.45) is 0. The van der Waals surface area contributed by atoms with Crippen LogP contribution in [-0.4, -0.2) is 0 Å². The van der Waals surface area contributed by atoms with E-state index in [4.69, 9.17) is 0 Å². The summed E-state index contributed by atoms with van der Waals surface area (Å²) in [4.78, 5) is 0. The molecule has 0 spiro atoms. The lowest BCUT2D eigenvalue weighted by Crippen LogP contribution is -1.92. The number of fused-ring (bicyclic) bond motifs is 4. The van der Waals surface area contributed by atoms with Gasteiger partial charge in [0.15, 0.2) is 0 Å². The van der Waals surface area contributed by atoms with E-state index in [1.807, 2.05) is 0 Å². The van der Waals surface area contributed by atoms with E-state index in [0.717, 1.165) is 0 Å². The van der Waals surface area contributed by atoms with Gasteiger partial charge in [0.25, 0.3) is 0 Å². The van der Waals surface area contributed by atoms with Gasteiger partial charge in [0.2, 0.25) is 0 Å². The van der Waals surface area contributed by atoms with Gasteiger partial charge in [0, 0.05) is 0 Å². The van der Waals surface area contributed by atoms with Crippen LogP contribution in [0.3, 0.4) is 0 Å². The molecule has 0 fully saturated rings. The molecule has 0 saturated carbocycles. The lowest BCUT2D eigenvalue weighted by molar-refractivity contribution is 1.61. The molecular formula is C46H30. The van der Waals surface area contributed by atoms with Crippen LogP contribution in [-0.2, 0) is 0 Å². The van der Waals surface area contributed by atoms with Crippen molar-refractivity contribution in [3.8, 4) is 44.5 Å². The van der Waals surface area contributed by atoms with Gasteiger partial charge in [-0.1, -0.05) is 170 Å². The smallest absolute Gasteiger partial charge is 0.00201 e. The monoisotopic (exact) mass is 582 g/mol. The van der Waals surface area contributed by atoms with E-state index in [1.165, 1.54) is 87.6 Å². The summed E-state index contributed by atoms with van der Waals surface area (Å²) in [5, 5.41) is 10.1. The molecule has 0 radical (unpaired) electrons. The van der Waals surface area contributed by atoms with Crippen LogP contribution in [0, 0.1) is 0 Å². The third-order valence-corrected chi connectivity index (χ3v) is 9.44. The molecule has 0 bridgehead atoms. The standard InChI is InChI=1S/C46H30/c1-2-13-31(14-3-1)38-18-6-7-19-40(38)46-43-22-10-8-20-41(43)45(42-21-9-11-23-44(42)46)36-28-26-33-29-35(27-25-34(33)30-36)39-24-12-16-32-15-4-5-17-37(32)39/h1-30H. The largest absolute Gasteiger partial charge is 0.0622 e. The predicted octanol–water partition coefficient (Wildman–Crippen LogP) is 13.0. The van der Waals surface area contributed by atoms with Crippen LogP contribution >= 0.6 is 0 Å². The van der Waals surface area contributed by atoms with Gasteiger partial charge in [-0.05, 0) is 99.7 Å². The second kappa shape index (κ2) is 10.9. The summed E-state index contributed by atoms with van der Waals surface area (Å²) < 4.78 is 0. The normalized spacial score (nSPS) is 11.5. The Morgan fingerprint density at radius 3 is 1.39 bits per heavy atom. The zero-order valence-electron chi connectivity index (χ0n) is 25.3. The second-order valence-electron chi connectivity index (χ2n) is 12.1. The van der Waals surface area contributed by atoms with Crippen molar-refractivity contribution >= 4 is 43.1 Å². The van der Waals surface area contributed by atoms with Crippen LogP contribution in [0.4, 0.5) is 0 Å². The molecule has 46 heavy (non-hydrogen) atoms. The van der Waals surface area contributed by atoms with Gasteiger partial charge in [0.05, 0.1) is 0 Å². The number of hydrogen-bond donors (Lipinski definition) is 0. The molecule has 0 heteroatoms. The second-order valence-corrected chi connectivity index (χ2v) is 12.1. The summed E-state index contributed by atoms with van der Waals surface area (Å²) in [6.45, 7) is 0. The third-order valence-electron chi connectivity index (χ3n) is 9.44. The Labute approximate surface area is 268 Å². The van der Waals surface area contributed by atoms with Crippen LogP contribution in [0.2, 0.25) is 0 Å². The van der Waals surface area contributed by atoms with Gasteiger partial charge in [0.1, 0.15) is 0 Å². The number of rotatable bonds is 4. The average molecular weight is 583 g/mol. The first kappa shape index (κ1) is 26.4. The van der Waals surface area contributed by atoms with Gasteiger partial charge in [-0.25, -0.2) is 0 Å². The topological polar surface area (TPSA) is 0 Å². The molecule has 0 nitrogen and oxygen atoms in total. The van der Waals surface area contributed by atoms with E-state index >= 15 is 0 Å². The molecule has 9 aromatic carbocycles. The van der Waals surface area contributed by atoms with Crippen LogP contribution in [0.1, 0.15) is 0 Å². The minimum atomic E-state index is 1.23. The van der Waals surface area contributed by atoms with Gasteiger partial charge < -0.3 is 0 Å². The first-order chi connectivity index (χ1) is 22.8. The van der Waals surface area contributed by atoms with E-state index in [2.05, 4.69) is 182 Å². The van der Waals surface area contributed by atoms with Crippen LogP contribution in [0.25, 0.3) is 87.6 Å². The van der Waals surface area contributed by atoms with E-state index in [1.54, 1.807) is 0 Å². The van der Waals surface area contributed by atoms with Gasteiger partial charge in [-0.3, -0.25) is 0 Å². The fourth-order valence-corrected chi connectivity index (χ4v) is 7.35. The van der Waals surface area contributed by atoms with Crippen molar-refractivity contribution in [3.63, 3.8) is 0 Å². The molecule has 0 aromatic heterocycles. The average Bonchev–Trinajstić information content (AvgIpc) is 3.13. The number of benzene rings is 9. The van der Waals surface area contributed by atoms with Gasteiger partial charge in [-0.15, -0.1) is 0 Å². The summed E-state index contributed by atoms with van der Waals surface area (Å²) in [6, 6.07) is 66.5. The molecule has 0 unspecified atom stereocenters. The van der Waals surface area contributed by atoms with Crippen LogP contribution in [0.15, 0.2) is 182 Å². The Morgan fingerprint density at radius 2 is 0.696 bits per heavy atom. The summed E-state index contributed by atoms with van der Waals surface area (Å²) in [5.74, 6) is 0. The summed E-state index contributed by atoms with van der Waals surface area (Å²) in [5.41, 5.74) is 10.1. The fraction of sp³-hybridized carbons (Fsp3) is 0. The predicted molar refractivity (Wildman–Crippen MR) is 198 cm³/mol. The number of hydrogen-bond acceptors (Lipinski definition) is 0. The molecule has 0 heterocycles. The molecule has 0 aliphatic rings. The molecule has 0 aliphatic carbocycles. The fourth-order valence-electron chi connectivity index (χ4n) is 7.35. The Bertz CT molecular complexity index is 2510. The quantitative estimate of drug-likeness (QED) is 0.181. The Kier molecular flexibility index (Phi) is 6.25. The van der Waals surface area contributed by atoms with E-state index in [9.17, 15) is 0 Å². The molecule has 0 amide bonds. The van der Waals surface area contributed by atoms with Crippen molar-refractivity contribution in [3.05, 3.63) is 182 Å². The Balaban J connectivity index is 1.26. The molecule has 9 aromatic rings.